The summed E-state index contributed by atoms with van der Waals surface area (Å²) in [5, 5.41) is 9.07. The van der Waals surface area contributed by atoms with E-state index in [1.54, 1.807) is 18.3 Å². The largest absolute Gasteiger partial charge is 0.492 e. The maximum absolute atomic E-state index is 11.1. The molecule has 1 atom stereocenters. The zero-order valence-electron chi connectivity index (χ0n) is 13.5. The van der Waals surface area contributed by atoms with Crippen LogP contribution >= 0.6 is 0 Å². The van der Waals surface area contributed by atoms with Gasteiger partial charge in [0.2, 0.25) is 0 Å². The quantitative estimate of drug-likeness (QED) is 0.888. The Kier molecular flexibility index (Phi) is 4.49. The summed E-state index contributed by atoms with van der Waals surface area (Å²) in [4.78, 5) is 19.9. The molecular formula is C16H22N4O3. The summed E-state index contributed by atoms with van der Waals surface area (Å²) >= 11 is 0. The second kappa shape index (κ2) is 6.55. The minimum absolute atomic E-state index is 0.151. The van der Waals surface area contributed by atoms with E-state index in [9.17, 15) is 4.79 Å². The molecule has 1 aliphatic heterocycles. The first-order valence-corrected chi connectivity index (χ1v) is 7.80. The van der Waals surface area contributed by atoms with E-state index in [0.717, 1.165) is 26.2 Å². The molecular weight excluding hydrogens is 296 g/mol. The predicted octanol–water partition coefficient (Wildman–Crippen LogP) is 1.05. The van der Waals surface area contributed by atoms with Gasteiger partial charge in [-0.1, -0.05) is 0 Å². The maximum Gasteiger partial charge on any atom is 0.354 e. The van der Waals surface area contributed by atoms with Gasteiger partial charge in [0.05, 0.1) is 6.20 Å². The normalized spacial score (nSPS) is 20.0. The van der Waals surface area contributed by atoms with Crippen LogP contribution in [0, 0.1) is 0 Å². The van der Waals surface area contributed by atoms with Gasteiger partial charge in [-0.3, -0.25) is 9.30 Å². The summed E-state index contributed by atoms with van der Waals surface area (Å²) in [6, 6.07) is 4.10. The highest BCUT2D eigenvalue weighted by Gasteiger charge is 2.20. The summed E-state index contributed by atoms with van der Waals surface area (Å²) in [6.07, 6.45) is 3.03. The molecule has 1 fully saturated rings. The Morgan fingerprint density at radius 2 is 2.30 bits per heavy atom. The molecule has 0 spiro atoms. The number of hydrogen-bond acceptors (Lipinski definition) is 5. The molecule has 23 heavy (non-hydrogen) atoms. The molecule has 0 saturated carbocycles. The van der Waals surface area contributed by atoms with Gasteiger partial charge in [-0.15, -0.1) is 0 Å². The molecule has 124 valence electrons. The number of aromatic carboxylic acids is 1. The second-order valence-corrected chi connectivity index (χ2v) is 6.02. The molecule has 1 unspecified atom stereocenters. The van der Waals surface area contributed by atoms with Crippen LogP contribution in [0.25, 0.3) is 5.65 Å². The van der Waals surface area contributed by atoms with Crippen molar-refractivity contribution in [1.82, 2.24) is 19.2 Å². The number of fused-ring (bicyclic) bond motifs is 1. The topological polar surface area (TPSA) is 70.3 Å². The molecule has 0 radical (unpaired) electrons. The Balaban J connectivity index is 1.56. The fourth-order valence-electron chi connectivity index (χ4n) is 2.83. The van der Waals surface area contributed by atoms with Crippen LogP contribution in [-0.2, 0) is 0 Å². The number of likely N-dealkylation sites (N-methyl/N-ethyl adjacent to an activating group) is 1. The summed E-state index contributed by atoms with van der Waals surface area (Å²) in [5.74, 6) is -0.280. The highest BCUT2D eigenvalue weighted by molar-refractivity contribution is 5.86. The molecule has 3 heterocycles. The summed E-state index contributed by atoms with van der Waals surface area (Å²) in [6.45, 7) is 6.93. The van der Waals surface area contributed by atoms with Crippen LogP contribution in [0.5, 0.6) is 5.75 Å². The first-order valence-electron chi connectivity index (χ1n) is 7.80. The van der Waals surface area contributed by atoms with Gasteiger partial charge in [-0.05, 0) is 20.0 Å². The third-order valence-corrected chi connectivity index (χ3v) is 4.42. The Morgan fingerprint density at radius 3 is 3.04 bits per heavy atom. The van der Waals surface area contributed by atoms with Gasteiger partial charge >= 0.3 is 5.97 Å². The third-order valence-electron chi connectivity index (χ3n) is 4.42. The molecule has 1 aliphatic rings. The lowest BCUT2D eigenvalue weighted by molar-refractivity contribution is 0.0689. The number of carboxylic acid groups (broad SMARTS) is 1. The SMILES string of the molecule is CC1CN(CCOc2ccn3c(C(=O)O)cnc3c2)CCN1C. The lowest BCUT2D eigenvalue weighted by Crippen LogP contribution is -2.50. The molecule has 2 aromatic heterocycles. The van der Waals surface area contributed by atoms with Crippen molar-refractivity contribution >= 4 is 11.6 Å². The Labute approximate surface area is 135 Å². The fourth-order valence-corrected chi connectivity index (χ4v) is 2.83. The van der Waals surface area contributed by atoms with E-state index < -0.39 is 5.97 Å². The molecule has 0 aromatic carbocycles. The van der Waals surface area contributed by atoms with Crippen molar-refractivity contribution in [3.8, 4) is 5.75 Å². The molecule has 2 aromatic rings. The van der Waals surface area contributed by atoms with E-state index in [4.69, 9.17) is 9.84 Å². The summed E-state index contributed by atoms with van der Waals surface area (Å²) in [7, 11) is 2.16. The van der Waals surface area contributed by atoms with Gasteiger partial charge in [0, 0.05) is 44.5 Å². The van der Waals surface area contributed by atoms with Crippen LogP contribution < -0.4 is 4.74 Å². The Morgan fingerprint density at radius 1 is 1.48 bits per heavy atom. The van der Waals surface area contributed by atoms with Crippen molar-refractivity contribution < 1.29 is 14.6 Å². The number of pyridine rings is 1. The number of carboxylic acids is 1. The van der Waals surface area contributed by atoms with Gasteiger partial charge in [0.15, 0.2) is 5.69 Å². The van der Waals surface area contributed by atoms with Crippen molar-refractivity contribution in [2.24, 2.45) is 0 Å². The average Bonchev–Trinajstić information content (AvgIpc) is 2.94. The lowest BCUT2D eigenvalue weighted by Gasteiger charge is -2.37. The van der Waals surface area contributed by atoms with Gasteiger partial charge in [0.1, 0.15) is 18.0 Å². The third kappa shape index (κ3) is 3.46. The van der Waals surface area contributed by atoms with Crippen LogP contribution in [0.2, 0.25) is 0 Å². The Hall–Kier alpha value is -2.12. The van der Waals surface area contributed by atoms with E-state index in [-0.39, 0.29) is 5.69 Å². The van der Waals surface area contributed by atoms with Crippen LogP contribution in [0.3, 0.4) is 0 Å². The van der Waals surface area contributed by atoms with Crippen molar-refractivity contribution in [2.75, 3.05) is 39.8 Å². The molecule has 0 bridgehead atoms. The van der Waals surface area contributed by atoms with Gasteiger partial charge in [-0.25, -0.2) is 9.78 Å². The number of nitrogens with zero attached hydrogens (tertiary/aromatic N) is 4. The number of carbonyl (C=O) groups is 1. The molecule has 7 nitrogen and oxygen atoms in total. The summed E-state index contributed by atoms with van der Waals surface area (Å²) in [5.41, 5.74) is 0.728. The van der Waals surface area contributed by atoms with Gasteiger partial charge in [0.25, 0.3) is 0 Å². The molecule has 1 N–H and O–H groups in total. The van der Waals surface area contributed by atoms with Gasteiger partial charge < -0.3 is 14.7 Å². The number of rotatable bonds is 5. The minimum atomic E-state index is -0.990. The van der Waals surface area contributed by atoms with Crippen LogP contribution in [0.1, 0.15) is 17.4 Å². The van der Waals surface area contributed by atoms with Crippen LogP contribution in [-0.4, -0.2) is 76.1 Å². The molecule has 3 rings (SSSR count). The number of piperazine rings is 1. The van der Waals surface area contributed by atoms with Crippen LogP contribution in [0.15, 0.2) is 24.5 Å². The zero-order chi connectivity index (χ0) is 16.4. The van der Waals surface area contributed by atoms with E-state index >= 15 is 0 Å². The van der Waals surface area contributed by atoms with Crippen LogP contribution in [0.4, 0.5) is 0 Å². The first kappa shape index (κ1) is 15.8. The molecule has 0 amide bonds. The number of ether oxygens (including phenoxy) is 1. The molecule has 0 aliphatic carbocycles. The predicted molar refractivity (Wildman–Crippen MR) is 86.2 cm³/mol. The number of imidazole rings is 1. The highest BCUT2D eigenvalue weighted by Crippen LogP contribution is 2.16. The van der Waals surface area contributed by atoms with Crippen molar-refractivity contribution in [2.45, 2.75) is 13.0 Å². The minimum Gasteiger partial charge on any atom is -0.492 e. The molecule has 1 saturated heterocycles. The van der Waals surface area contributed by atoms with E-state index in [0.29, 0.717) is 24.0 Å². The average molecular weight is 318 g/mol. The highest BCUT2D eigenvalue weighted by atomic mass is 16.5. The van der Waals surface area contributed by atoms with Crippen molar-refractivity contribution in [3.63, 3.8) is 0 Å². The first-order chi connectivity index (χ1) is 11.0. The second-order valence-electron chi connectivity index (χ2n) is 6.02. The zero-order valence-corrected chi connectivity index (χ0v) is 13.5. The van der Waals surface area contributed by atoms with Gasteiger partial charge in [-0.2, -0.15) is 0 Å². The van der Waals surface area contributed by atoms with Crippen molar-refractivity contribution in [3.05, 3.63) is 30.2 Å². The monoisotopic (exact) mass is 318 g/mol. The summed E-state index contributed by atoms with van der Waals surface area (Å²) < 4.78 is 7.33. The fraction of sp³-hybridized carbons (Fsp3) is 0.500. The number of hydrogen-bond donors (Lipinski definition) is 1. The Bertz CT molecular complexity index is 700. The smallest absolute Gasteiger partial charge is 0.354 e. The lowest BCUT2D eigenvalue weighted by atomic mass is 10.2. The standard InChI is InChI=1S/C16H22N4O3/c1-12-11-19(6-5-18(12)2)7-8-23-13-3-4-20-14(16(21)22)10-17-15(20)9-13/h3-4,9-10,12H,5-8,11H2,1-2H3,(H,21,22). The number of aromatic nitrogens is 2. The molecule has 7 heteroatoms. The van der Waals surface area contributed by atoms with E-state index in [2.05, 4.69) is 28.8 Å². The van der Waals surface area contributed by atoms with E-state index in [1.165, 1.54) is 10.6 Å². The van der Waals surface area contributed by atoms with Crippen molar-refractivity contribution in [1.29, 1.82) is 0 Å². The van der Waals surface area contributed by atoms with E-state index in [1.807, 2.05) is 0 Å². The maximum atomic E-state index is 11.1.